The maximum atomic E-state index is 11.2. The number of hydrogen-bond donors (Lipinski definition) is 2. The molecule has 1 aromatic rings. The normalized spacial score (nSPS) is 11.9. The van der Waals surface area contributed by atoms with E-state index in [-0.39, 0.29) is 23.8 Å². The van der Waals surface area contributed by atoms with E-state index in [4.69, 9.17) is 5.11 Å². The van der Waals surface area contributed by atoms with E-state index in [1.54, 1.807) is 11.6 Å². The Hall–Kier alpha value is -1.63. The molecule has 114 valence electrons. The lowest BCUT2D eigenvalue weighted by atomic mass is 9.90. The topological polar surface area (TPSA) is 93.2 Å². The Kier molecular flexibility index (Phi) is 5.10. The van der Waals surface area contributed by atoms with Gasteiger partial charge in [-0.2, -0.15) is 5.10 Å². The summed E-state index contributed by atoms with van der Waals surface area (Å²) in [6.07, 6.45) is 0.628. The molecule has 0 saturated carbocycles. The number of aliphatic hydroxyl groups excluding tert-OH is 1. The van der Waals surface area contributed by atoms with E-state index in [1.165, 1.54) is 0 Å². The first-order valence-corrected chi connectivity index (χ1v) is 6.78. The minimum absolute atomic E-state index is 0.0264. The van der Waals surface area contributed by atoms with Crippen LogP contribution in [-0.4, -0.2) is 33.0 Å². The fourth-order valence-electron chi connectivity index (χ4n) is 2.01. The molecule has 1 aromatic heterocycles. The standard InChI is InChI=1S/C13H24N4O3/c1-9(2)16-12(11(17(19)20)10(3)15-16)14-8-13(4,5)6-7-18/h9,14,18H,6-8H2,1-5H3. The zero-order valence-electron chi connectivity index (χ0n) is 12.8. The highest BCUT2D eigenvalue weighted by molar-refractivity contribution is 5.59. The maximum absolute atomic E-state index is 11.2. The second-order valence-corrected chi connectivity index (χ2v) is 6.07. The van der Waals surface area contributed by atoms with Crippen molar-refractivity contribution >= 4 is 11.5 Å². The highest BCUT2D eigenvalue weighted by Gasteiger charge is 2.28. The van der Waals surface area contributed by atoms with E-state index >= 15 is 0 Å². The number of nitrogens with one attached hydrogen (secondary N) is 1. The summed E-state index contributed by atoms with van der Waals surface area (Å²) in [7, 11) is 0. The van der Waals surface area contributed by atoms with Crippen LogP contribution in [0.25, 0.3) is 0 Å². The van der Waals surface area contributed by atoms with Gasteiger partial charge in [-0.3, -0.25) is 10.1 Å². The molecule has 0 aromatic carbocycles. The molecule has 0 aliphatic carbocycles. The molecule has 20 heavy (non-hydrogen) atoms. The van der Waals surface area contributed by atoms with Crippen LogP contribution in [0.4, 0.5) is 11.5 Å². The van der Waals surface area contributed by atoms with E-state index in [0.717, 1.165) is 0 Å². The van der Waals surface area contributed by atoms with Gasteiger partial charge in [0.1, 0.15) is 5.69 Å². The molecular weight excluding hydrogens is 260 g/mol. The predicted molar refractivity (Wildman–Crippen MR) is 78.0 cm³/mol. The summed E-state index contributed by atoms with van der Waals surface area (Å²) in [6.45, 7) is 10.1. The lowest BCUT2D eigenvalue weighted by Crippen LogP contribution is -2.26. The second kappa shape index (κ2) is 6.21. The van der Waals surface area contributed by atoms with Crippen molar-refractivity contribution in [1.29, 1.82) is 0 Å². The van der Waals surface area contributed by atoms with Gasteiger partial charge in [-0.25, -0.2) is 4.68 Å². The molecule has 0 aliphatic heterocycles. The van der Waals surface area contributed by atoms with Gasteiger partial charge in [-0.1, -0.05) is 13.8 Å². The molecule has 0 fully saturated rings. The van der Waals surface area contributed by atoms with Crippen LogP contribution < -0.4 is 5.32 Å². The lowest BCUT2D eigenvalue weighted by molar-refractivity contribution is -0.384. The molecular formula is C13H24N4O3. The number of nitro groups is 1. The molecule has 7 nitrogen and oxygen atoms in total. The molecule has 0 spiro atoms. The minimum atomic E-state index is -0.400. The van der Waals surface area contributed by atoms with Crippen LogP contribution in [0.5, 0.6) is 0 Å². The van der Waals surface area contributed by atoms with Crippen molar-refractivity contribution in [1.82, 2.24) is 9.78 Å². The van der Waals surface area contributed by atoms with E-state index in [2.05, 4.69) is 10.4 Å². The van der Waals surface area contributed by atoms with Gasteiger partial charge in [0.15, 0.2) is 0 Å². The second-order valence-electron chi connectivity index (χ2n) is 6.07. The summed E-state index contributed by atoms with van der Waals surface area (Å²) in [4.78, 5) is 10.8. The highest BCUT2D eigenvalue weighted by atomic mass is 16.6. The summed E-state index contributed by atoms with van der Waals surface area (Å²) >= 11 is 0. The van der Waals surface area contributed by atoms with Crippen molar-refractivity contribution < 1.29 is 10.0 Å². The van der Waals surface area contributed by atoms with Crippen molar-refractivity contribution in [3.63, 3.8) is 0 Å². The fourth-order valence-corrected chi connectivity index (χ4v) is 2.01. The predicted octanol–water partition coefficient (Wildman–Crippen LogP) is 2.50. The lowest BCUT2D eigenvalue weighted by Gasteiger charge is -2.24. The zero-order chi connectivity index (χ0) is 15.5. The van der Waals surface area contributed by atoms with Crippen LogP contribution in [0, 0.1) is 22.5 Å². The monoisotopic (exact) mass is 284 g/mol. The molecule has 0 aliphatic rings. The molecule has 0 amide bonds. The van der Waals surface area contributed by atoms with Crippen LogP contribution in [0.2, 0.25) is 0 Å². The zero-order valence-corrected chi connectivity index (χ0v) is 12.8. The van der Waals surface area contributed by atoms with Crippen LogP contribution in [0.1, 0.15) is 45.9 Å². The molecule has 1 heterocycles. The first-order chi connectivity index (χ1) is 9.19. The largest absolute Gasteiger partial charge is 0.396 e. The molecule has 0 radical (unpaired) electrons. The van der Waals surface area contributed by atoms with E-state index < -0.39 is 4.92 Å². The summed E-state index contributed by atoms with van der Waals surface area (Å²) in [5, 5.41) is 27.6. The van der Waals surface area contributed by atoms with Crippen LogP contribution in [-0.2, 0) is 0 Å². The van der Waals surface area contributed by atoms with Crippen LogP contribution in [0.3, 0.4) is 0 Å². The molecule has 7 heteroatoms. The van der Waals surface area contributed by atoms with Crippen molar-refractivity contribution in [3.8, 4) is 0 Å². The Balaban J connectivity index is 3.06. The van der Waals surface area contributed by atoms with E-state index in [1.807, 2.05) is 27.7 Å². The number of rotatable bonds is 7. The van der Waals surface area contributed by atoms with Crippen LogP contribution in [0.15, 0.2) is 0 Å². The Labute approximate surface area is 119 Å². The van der Waals surface area contributed by atoms with Crippen LogP contribution >= 0.6 is 0 Å². The van der Waals surface area contributed by atoms with Gasteiger partial charge in [0.05, 0.1) is 4.92 Å². The number of hydrogen-bond acceptors (Lipinski definition) is 5. The smallest absolute Gasteiger partial charge is 0.333 e. The number of aryl methyl sites for hydroxylation is 1. The Morgan fingerprint density at radius 3 is 2.55 bits per heavy atom. The first-order valence-electron chi connectivity index (χ1n) is 6.78. The summed E-state index contributed by atoms with van der Waals surface area (Å²) < 4.78 is 1.64. The molecule has 0 saturated heterocycles. The fraction of sp³-hybridized carbons (Fsp3) is 0.769. The average Bonchev–Trinajstić information content (AvgIpc) is 2.63. The van der Waals surface area contributed by atoms with E-state index in [9.17, 15) is 10.1 Å². The summed E-state index contributed by atoms with van der Waals surface area (Å²) in [6, 6.07) is 0.0332. The van der Waals surface area contributed by atoms with Crippen molar-refractivity contribution in [2.45, 2.75) is 47.1 Å². The van der Waals surface area contributed by atoms with Gasteiger partial charge in [-0.05, 0) is 32.6 Å². The number of aromatic nitrogens is 2. The third kappa shape index (κ3) is 3.69. The number of nitrogens with zero attached hydrogens (tertiary/aromatic N) is 3. The van der Waals surface area contributed by atoms with Gasteiger partial charge in [0.25, 0.3) is 0 Å². The van der Waals surface area contributed by atoms with E-state index in [0.29, 0.717) is 24.5 Å². The van der Waals surface area contributed by atoms with Gasteiger partial charge < -0.3 is 10.4 Å². The third-order valence-electron chi connectivity index (χ3n) is 3.25. The van der Waals surface area contributed by atoms with Gasteiger partial charge in [0.2, 0.25) is 5.82 Å². The number of aliphatic hydroxyl groups is 1. The SMILES string of the molecule is Cc1nn(C(C)C)c(NCC(C)(C)CCO)c1[N+](=O)[O-]. The quantitative estimate of drug-likeness (QED) is 0.592. The number of anilines is 1. The van der Waals surface area contributed by atoms with Crippen molar-refractivity contribution in [2.75, 3.05) is 18.5 Å². The minimum Gasteiger partial charge on any atom is -0.396 e. The Morgan fingerprint density at radius 2 is 2.10 bits per heavy atom. The van der Waals surface area contributed by atoms with Gasteiger partial charge in [-0.15, -0.1) is 0 Å². The van der Waals surface area contributed by atoms with Gasteiger partial charge >= 0.3 is 5.69 Å². The molecule has 2 N–H and O–H groups in total. The first kappa shape index (κ1) is 16.4. The Morgan fingerprint density at radius 1 is 1.50 bits per heavy atom. The average molecular weight is 284 g/mol. The molecule has 1 rings (SSSR count). The highest BCUT2D eigenvalue weighted by Crippen LogP contribution is 2.32. The Bertz CT molecular complexity index is 480. The molecule has 0 bridgehead atoms. The maximum Gasteiger partial charge on any atom is 0.333 e. The van der Waals surface area contributed by atoms with Gasteiger partial charge in [0, 0.05) is 19.2 Å². The summed E-state index contributed by atoms with van der Waals surface area (Å²) in [5.41, 5.74) is 0.285. The molecule has 0 atom stereocenters. The van der Waals surface area contributed by atoms with Crippen molar-refractivity contribution in [2.24, 2.45) is 5.41 Å². The third-order valence-corrected chi connectivity index (χ3v) is 3.25. The molecule has 0 unspecified atom stereocenters. The summed E-state index contributed by atoms with van der Waals surface area (Å²) in [5.74, 6) is 0.438. The van der Waals surface area contributed by atoms with Crippen molar-refractivity contribution in [3.05, 3.63) is 15.8 Å².